The molecule has 3 heterocycles. The van der Waals surface area contributed by atoms with Crippen LogP contribution in [0.4, 0.5) is 0 Å². The Morgan fingerprint density at radius 3 is 2.48 bits per heavy atom. The summed E-state index contributed by atoms with van der Waals surface area (Å²) in [6, 6.07) is 3.27. The molecule has 1 aromatic rings. The number of carbonyl (C=O) groups is 1. The van der Waals surface area contributed by atoms with Gasteiger partial charge in [-0.3, -0.25) is 14.4 Å². The Morgan fingerprint density at radius 1 is 1.12 bits per heavy atom. The van der Waals surface area contributed by atoms with Gasteiger partial charge in [0.25, 0.3) is 5.91 Å². The predicted octanol–water partition coefficient (Wildman–Crippen LogP) is 1.46. The van der Waals surface area contributed by atoms with E-state index in [1.54, 1.807) is 0 Å². The SMILES string of the molecule is CN(C)[C@H]1Cc2cc(C(=O)N3CCN(C4CCCCC4)CC3)nn2C1. The van der Waals surface area contributed by atoms with Crippen molar-refractivity contribution in [3.63, 3.8) is 0 Å². The first-order valence-corrected chi connectivity index (χ1v) is 9.88. The van der Waals surface area contributed by atoms with E-state index in [9.17, 15) is 4.79 Å². The second-order valence-corrected chi connectivity index (χ2v) is 8.14. The Balaban J connectivity index is 1.33. The van der Waals surface area contributed by atoms with Crippen molar-refractivity contribution < 1.29 is 4.79 Å². The molecule has 4 rings (SSSR count). The summed E-state index contributed by atoms with van der Waals surface area (Å²) in [5, 5.41) is 4.59. The summed E-state index contributed by atoms with van der Waals surface area (Å²) in [5.74, 6) is 0.117. The van der Waals surface area contributed by atoms with Gasteiger partial charge in [0.1, 0.15) is 0 Å². The van der Waals surface area contributed by atoms with Gasteiger partial charge in [0.05, 0.1) is 6.54 Å². The number of amides is 1. The molecule has 0 unspecified atom stereocenters. The van der Waals surface area contributed by atoms with Crippen LogP contribution in [0.15, 0.2) is 6.07 Å². The molecule has 2 fully saturated rings. The van der Waals surface area contributed by atoms with Crippen LogP contribution >= 0.6 is 0 Å². The van der Waals surface area contributed by atoms with Gasteiger partial charge in [0.15, 0.2) is 5.69 Å². The quantitative estimate of drug-likeness (QED) is 0.832. The van der Waals surface area contributed by atoms with Crippen molar-refractivity contribution in [1.29, 1.82) is 0 Å². The second kappa shape index (κ2) is 7.08. The van der Waals surface area contributed by atoms with E-state index < -0.39 is 0 Å². The summed E-state index contributed by atoms with van der Waals surface area (Å²) < 4.78 is 2.02. The van der Waals surface area contributed by atoms with Gasteiger partial charge in [0.2, 0.25) is 0 Å². The molecule has 1 aliphatic carbocycles. The molecule has 0 radical (unpaired) electrons. The van der Waals surface area contributed by atoms with Gasteiger partial charge in [0, 0.05) is 50.4 Å². The molecule has 2 aliphatic heterocycles. The summed E-state index contributed by atoms with van der Waals surface area (Å²) >= 11 is 0. The fraction of sp³-hybridized carbons (Fsp3) is 0.789. The molecule has 3 aliphatic rings. The molecule has 0 spiro atoms. The number of carbonyl (C=O) groups excluding carboxylic acids is 1. The molecule has 25 heavy (non-hydrogen) atoms. The molecule has 138 valence electrons. The second-order valence-electron chi connectivity index (χ2n) is 8.14. The molecule has 1 atom stereocenters. The molecular formula is C19H31N5O. The smallest absolute Gasteiger partial charge is 0.274 e. The van der Waals surface area contributed by atoms with Gasteiger partial charge in [-0.2, -0.15) is 5.10 Å². The average Bonchev–Trinajstić information content (AvgIpc) is 3.21. The van der Waals surface area contributed by atoms with Crippen molar-refractivity contribution in [2.24, 2.45) is 0 Å². The maximum absolute atomic E-state index is 12.8. The third-order valence-electron chi connectivity index (χ3n) is 6.33. The lowest BCUT2D eigenvalue weighted by Gasteiger charge is -2.40. The third kappa shape index (κ3) is 3.47. The van der Waals surface area contributed by atoms with Crippen molar-refractivity contribution >= 4 is 5.91 Å². The molecular weight excluding hydrogens is 314 g/mol. The Hall–Kier alpha value is -1.40. The summed E-state index contributed by atoms with van der Waals surface area (Å²) in [4.78, 5) is 19.7. The zero-order valence-electron chi connectivity index (χ0n) is 15.7. The Labute approximate surface area is 150 Å². The monoisotopic (exact) mass is 345 g/mol. The highest BCUT2D eigenvalue weighted by Crippen LogP contribution is 2.24. The van der Waals surface area contributed by atoms with Crippen molar-refractivity contribution in [3.8, 4) is 0 Å². The van der Waals surface area contributed by atoms with Crippen LogP contribution in [0.25, 0.3) is 0 Å². The van der Waals surface area contributed by atoms with Crippen LogP contribution in [0.1, 0.15) is 48.3 Å². The first-order chi connectivity index (χ1) is 12.1. The lowest BCUT2D eigenvalue weighted by molar-refractivity contribution is 0.0517. The fourth-order valence-corrected chi connectivity index (χ4v) is 4.63. The molecule has 1 saturated heterocycles. The average molecular weight is 345 g/mol. The highest BCUT2D eigenvalue weighted by Gasteiger charge is 2.30. The van der Waals surface area contributed by atoms with Crippen LogP contribution < -0.4 is 0 Å². The fourth-order valence-electron chi connectivity index (χ4n) is 4.63. The minimum Gasteiger partial charge on any atom is -0.335 e. The van der Waals surface area contributed by atoms with Crippen molar-refractivity contribution in [1.82, 2.24) is 24.5 Å². The van der Waals surface area contributed by atoms with E-state index in [4.69, 9.17) is 0 Å². The lowest BCUT2D eigenvalue weighted by atomic mass is 9.94. The lowest BCUT2D eigenvalue weighted by Crippen LogP contribution is -2.52. The topological polar surface area (TPSA) is 44.6 Å². The summed E-state index contributed by atoms with van der Waals surface area (Å²) in [5.41, 5.74) is 1.83. The van der Waals surface area contributed by atoms with Crippen LogP contribution in [0.5, 0.6) is 0 Å². The molecule has 6 nitrogen and oxygen atoms in total. The number of hydrogen-bond donors (Lipinski definition) is 0. The molecule has 1 saturated carbocycles. The van der Waals surface area contributed by atoms with E-state index in [-0.39, 0.29) is 5.91 Å². The number of likely N-dealkylation sites (N-methyl/N-ethyl adjacent to an activating group) is 1. The maximum atomic E-state index is 12.8. The van der Waals surface area contributed by atoms with Crippen LogP contribution in [-0.2, 0) is 13.0 Å². The van der Waals surface area contributed by atoms with Crippen molar-refractivity contribution in [2.45, 2.75) is 57.2 Å². The van der Waals surface area contributed by atoms with Crippen molar-refractivity contribution in [3.05, 3.63) is 17.5 Å². The zero-order valence-corrected chi connectivity index (χ0v) is 15.7. The van der Waals surface area contributed by atoms with Gasteiger partial charge in [-0.1, -0.05) is 19.3 Å². The number of fused-ring (bicyclic) bond motifs is 1. The third-order valence-corrected chi connectivity index (χ3v) is 6.33. The highest BCUT2D eigenvalue weighted by molar-refractivity contribution is 5.92. The van der Waals surface area contributed by atoms with E-state index in [1.807, 2.05) is 15.6 Å². The van der Waals surface area contributed by atoms with Gasteiger partial charge in [-0.15, -0.1) is 0 Å². The standard InChI is InChI=1S/C19H31N5O/c1-21(2)17-12-16-13-18(20-24(16)14-17)19(25)23-10-8-22(9-11-23)15-6-4-3-5-7-15/h13,15,17H,3-12,14H2,1-2H3/t17-/m0/s1. The Bertz CT molecular complexity index is 588. The minimum atomic E-state index is 0.117. The minimum absolute atomic E-state index is 0.117. The summed E-state index contributed by atoms with van der Waals surface area (Å²) in [7, 11) is 4.21. The first-order valence-electron chi connectivity index (χ1n) is 9.88. The predicted molar refractivity (Wildman–Crippen MR) is 97.8 cm³/mol. The number of piperazine rings is 1. The number of rotatable bonds is 3. The number of aromatic nitrogens is 2. The highest BCUT2D eigenvalue weighted by atomic mass is 16.2. The van der Waals surface area contributed by atoms with Gasteiger partial charge >= 0.3 is 0 Å². The van der Waals surface area contributed by atoms with E-state index in [2.05, 4.69) is 29.0 Å². The summed E-state index contributed by atoms with van der Waals surface area (Å²) in [6.07, 6.45) is 7.82. The van der Waals surface area contributed by atoms with Crippen molar-refractivity contribution in [2.75, 3.05) is 40.3 Å². The zero-order chi connectivity index (χ0) is 17.4. The largest absolute Gasteiger partial charge is 0.335 e. The molecule has 6 heteroatoms. The van der Waals surface area contributed by atoms with Gasteiger partial charge < -0.3 is 9.80 Å². The van der Waals surface area contributed by atoms with E-state index in [0.29, 0.717) is 11.7 Å². The van der Waals surface area contributed by atoms with Gasteiger partial charge in [-0.25, -0.2) is 0 Å². The molecule has 0 N–H and O–H groups in total. The molecule has 1 aromatic heterocycles. The van der Waals surface area contributed by atoms with Crippen LogP contribution in [-0.4, -0.2) is 82.7 Å². The van der Waals surface area contributed by atoms with Crippen LogP contribution in [0.2, 0.25) is 0 Å². The maximum Gasteiger partial charge on any atom is 0.274 e. The Morgan fingerprint density at radius 2 is 1.84 bits per heavy atom. The van der Waals surface area contributed by atoms with Crippen LogP contribution in [0, 0.1) is 0 Å². The Kier molecular flexibility index (Phi) is 4.82. The molecule has 1 amide bonds. The molecule has 0 bridgehead atoms. The normalized spacial score (nSPS) is 25.6. The van der Waals surface area contributed by atoms with E-state index >= 15 is 0 Å². The van der Waals surface area contributed by atoms with Crippen LogP contribution in [0.3, 0.4) is 0 Å². The number of nitrogens with zero attached hydrogens (tertiary/aromatic N) is 5. The summed E-state index contributed by atoms with van der Waals surface area (Å²) in [6.45, 7) is 4.63. The molecule has 0 aromatic carbocycles. The first kappa shape index (κ1) is 17.0. The van der Waals surface area contributed by atoms with Gasteiger partial charge in [-0.05, 0) is 33.0 Å². The van der Waals surface area contributed by atoms with E-state index in [0.717, 1.165) is 45.2 Å². The van der Waals surface area contributed by atoms with E-state index in [1.165, 1.54) is 37.8 Å². The number of hydrogen-bond acceptors (Lipinski definition) is 4.